The predicted molar refractivity (Wildman–Crippen MR) is 63.4 cm³/mol. The number of carboxylic acids is 1. The maximum Gasteiger partial charge on any atom is 0.340 e. The molecule has 0 saturated heterocycles. The first-order valence-electron chi connectivity index (χ1n) is 4.68. The first-order valence-corrected chi connectivity index (χ1v) is 6.54. The summed E-state index contributed by atoms with van der Waals surface area (Å²) in [6.45, 7) is 0. The summed E-state index contributed by atoms with van der Waals surface area (Å²) in [5, 5.41) is 13.7. The molecule has 0 aromatic carbocycles. The van der Waals surface area contributed by atoms with Crippen LogP contribution in [-0.4, -0.2) is 39.7 Å². The molecule has 11 heteroatoms. The van der Waals surface area contributed by atoms with Gasteiger partial charge in [-0.25, -0.2) is 19.5 Å². The Morgan fingerprint density at radius 2 is 2.21 bits per heavy atom. The fraction of sp³-hybridized carbons (Fsp3) is 0. The highest BCUT2D eigenvalue weighted by Gasteiger charge is 2.25. The molecular weight excluding hydrogens is 298 g/mol. The van der Waals surface area contributed by atoms with Gasteiger partial charge in [-0.2, -0.15) is 13.5 Å². The van der Waals surface area contributed by atoms with E-state index in [0.717, 1.165) is 6.20 Å². The van der Waals surface area contributed by atoms with E-state index in [4.69, 9.17) is 16.7 Å². The number of hydrogen-bond acceptors (Lipinski definition) is 6. The summed E-state index contributed by atoms with van der Waals surface area (Å²) in [6, 6.07) is 1.36. The molecule has 0 fully saturated rings. The van der Waals surface area contributed by atoms with Gasteiger partial charge in [-0.15, -0.1) is 0 Å². The highest BCUT2D eigenvalue weighted by molar-refractivity contribution is 7.92. The zero-order chi connectivity index (χ0) is 14.0. The van der Waals surface area contributed by atoms with E-state index < -0.39 is 26.6 Å². The van der Waals surface area contributed by atoms with Gasteiger partial charge in [0.15, 0.2) is 5.03 Å². The average Bonchev–Trinajstić information content (AvgIpc) is 2.77. The lowest BCUT2D eigenvalue weighted by molar-refractivity contribution is 0.0692. The molecule has 2 aromatic heterocycles. The van der Waals surface area contributed by atoms with Gasteiger partial charge in [-0.3, -0.25) is 5.10 Å². The van der Waals surface area contributed by atoms with Crippen molar-refractivity contribution < 1.29 is 18.3 Å². The van der Waals surface area contributed by atoms with Gasteiger partial charge in [-0.1, -0.05) is 11.6 Å². The molecule has 9 nitrogen and oxygen atoms in total. The van der Waals surface area contributed by atoms with E-state index in [9.17, 15) is 13.2 Å². The SMILES string of the molecule is O=C(O)c1cn[nH]c1S(=O)(=O)Nc1nccc(Cl)n1. The van der Waals surface area contributed by atoms with Crippen molar-refractivity contribution in [3.63, 3.8) is 0 Å². The van der Waals surface area contributed by atoms with E-state index in [1.165, 1.54) is 12.3 Å². The summed E-state index contributed by atoms with van der Waals surface area (Å²) in [4.78, 5) is 18.1. The zero-order valence-electron chi connectivity index (χ0n) is 9.03. The van der Waals surface area contributed by atoms with E-state index in [1.54, 1.807) is 0 Å². The van der Waals surface area contributed by atoms with Crippen LogP contribution in [0.25, 0.3) is 0 Å². The zero-order valence-corrected chi connectivity index (χ0v) is 10.6. The molecule has 0 aliphatic carbocycles. The molecule has 0 saturated carbocycles. The van der Waals surface area contributed by atoms with E-state index in [-0.39, 0.29) is 11.1 Å². The molecule has 0 aliphatic rings. The second-order valence-electron chi connectivity index (χ2n) is 3.23. The number of carboxylic acid groups (broad SMARTS) is 1. The summed E-state index contributed by atoms with van der Waals surface area (Å²) in [5.41, 5.74) is -0.491. The van der Waals surface area contributed by atoms with Crippen LogP contribution in [0.1, 0.15) is 10.4 Å². The van der Waals surface area contributed by atoms with E-state index in [0.29, 0.717) is 0 Å². The molecule has 2 aromatic rings. The number of aromatic nitrogens is 4. The van der Waals surface area contributed by atoms with Gasteiger partial charge in [0.2, 0.25) is 5.95 Å². The van der Waals surface area contributed by atoms with Crippen LogP contribution < -0.4 is 4.72 Å². The van der Waals surface area contributed by atoms with Gasteiger partial charge < -0.3 is 5.11 Å². The van der Waals surface area contributed by atoms with E-state index in [2.05, 4.69) is 20.2 Å². The van der Waals surface area contributed by atoms with Gasteiger partial charge >= 0.3 is 5.97 Å². The Hall–Kier alpha value is -2.20. The molecular formula is C8H6ClN5O4S. The number of nitrogens with one attached hydrogen (secondary N) is 2. The minimum atomic E-state index is -4.19. The molecule has 0 unspecified atom stereocenters. The maximum absolute atomic E-state index is 11.9. The van der Waals surface area contributed by atoms with Crippen molar-refractivity contribution in [3.8, 4) is 0 Å². The maximum atomic E-state index is 11.9. The van der Waals surface area contributed by atoms with Crippen molar-refractivity contribution in [3.05, 3.63) is 29.2 Å². The Labute approximate surface area is 111 Å². The number of nitrogens with zero attached hydrogens (tertiary/aromatic N) is 3. The highest BCUT2D eigenvalue weighted by atomic mass is 35.5. The summed E-state index contributed by atoms with van der Waals surface area (Å²) in [7, 11) is -4.19. The Morgan fingerprint density at radius 3 is 2.84 bits per heavy atom. The molecule has 19 heavy (non-hydrogen) atoms. The quantitative estimate of drug-likeness (QED) is 0.693. The van der Waals surface area contributed by atoms with Crippen LogP contribution in [0, 0.1) is 0 Å². The summed E-state index contributed by atoms with van der Waals surface area (Å²) in [6.07, 6.45) is 2.13. The number of carbonyl (C=O) groups is 1. The number of rotatable bonds is 4. The fourth-order valence-corrected chi connectivity index (χ4v) is 2.37. The Morgan fingerprint density at radius 1 is 1.47 bits per heavy atom. The normalized spacial score (nSPS) is 11.2. The van der Waals surface area contributed by atoms with Crippen LogP contribution in [0.3, 0.4) is 0 Å². The van der Waals surface area contributed by atoms with E-state index in [1.807, 2.05) is 4.72 Å². The largest absolute Gasteiger partial charge is 0.478 e. The van der Waals surface area contributed by atoms with E-state index >= 15 is 0 Å². The number of sulfonamides is 1. The lowest BCUT2D eigenvalue weighted by Crippen LogP contribution is -2.18. The smallest absolute Gasteiger partial charge is 0.340 e. The minimum Gasteiger partial charge on any atom is -0.478 e. The van der Waals surface area contributed by atoms with Crippen molar-refractivity contribution in [1.29, 1.82) is 0 Å². The Balaban J connectivity index is 2.38. The third-order valence-electron chi connectivity index (χ3n) is 1.95. The molecule has 0 radical (unpaired) electrons. The summed E-state index contributed by atoms with van der Waals surface area (Å²) < 4.78 is 25.8. The molecule has 100 valence electrons. The molecule has 2 rings (SSSR count). The van der Waals surface area contributed by atoms with Crippen LogP contribution in [-0.2, 0) is 10.0 Å². The molecule has 2 heterocycles. The second-order valence-corrected chi connectivity index (χ2v) is 5.23. The lowest BCUT2D eigenvalue weighted by Gasteiger charge is -2.05. The predicted octanol–water partition coefficient (Wildman–Crippen LogP) is 0.352. The third kappa shape index (κ3) is 2.80. The fourth-order valence-electron chi connectivity index (χ4n) is 1.19. The van der Waals surface area contributed by atoms with Crippen LogP contribution >= 0.6 is 11.6 Å². The first-order chi connectivity index (χ1) is 8.90. The number of halogens is 1. The summed E-state index contributed by atoms with van der Waals surface area (Å²) in [5.74, 6) is -1.71. The van der Waals surface area contributed by atoms with Gasteiger partial charge in [-0.05, 0) is 6.07 Å². The number of anilines is 1. The molecule has 0 bridgehead atoms. The average molecular weight is 304 g/mol. The van der Waals surface area contributed by atoms with Crippen LogP contribution in [0.15, 0.2) is 23.5 Å². The topological polar surface area (TPSA) is 138 Å². The molecule has 3 N–H and O–H groups in total. The molecule has 0 atom stereocenters. The first kappa shape index (κ1) is 13.2. The number of aromatic amines is 1. The second kappa shape index (κ2) is 4.82. The lowest BCUT2D eigenvalue weighted by atomic mass is 10.4. The number of H-pyrrole nitrogens is 1. The van der Waals surface area contributed by atoms with Crippen molar-refractivity contribution in [2.24, 2.45) is 0 Å². The standard InChI is InChI=1S/C8H6ClN5O4S/c9-5-1-2-10-8(12-5)14-19(17,18)6-4(7(15)16)3-11-13-6/h1-3H,(H,11,13)(H,15,16)(H,10,12,14). The molecule has 0 amide bonds. The third-order valence-corrected chi connectivity index (χ3v) is 3.46. The molecule has 0 aliphatic heterocycles. The van der Waals surface area contributed by atoms with Crippen LogP contribution in [0.4, 0.5) is 5.95 Å². The number of hydrogen-bond donors (Lipinski definition) is 3. The minimum absolute atomic E-state index is 0.0377. The van der Waals surface area contributed by atoms with Gasteiger partial charge in [0.05, 0.1) is 6.20 Å². The Bertz CT molecular complexity index is 728. The summed E-state index contributed by atoms with van der Waals surface area (Å²) >= 11 is 5.58. The van der Waals surface area contributed by atoms with Crippen molar-refractivity contribution in [2.45, 2.75) is 5.03 Å². The Kier molecular flexibility index (Phi) is 3.36. The molecule has 0 spiro atoms. The van der Waals surface area contributed by atoms with Gasteiger partial charge in [0.25, 0.3) is 10.0 Å². The van der Waals surface area contributed by atoms with Crippen LogP contribution in [0.5, 0.6) is 0 Å². The highest BCUT2D eigenvalue weighted by Crippen LogP contribution is 2.15. The van der Waals surface area contributed by atoms with Crippen molar-refractivity contribution >= 4 is 33.5 Å². The monoisotopic (exact) mass is 303 g/mol. The van der Waals surface area contributed by atoms with Gasteiger partial charge in [0, 0.05) is 6.20 Å². The van der Waals surface area contributed by atoms with Crippen molar-refractivity contribution in [1.82, 2.24) is 20.2 Å². The van der Waals surface area contributed by atoms with Gasteiger partial charge in [0.1, 0.15) is 10.7 Å². The van der Waals surface area contributed by atoms with Crippen molar-refractivity contribution in [2.75, 3.05) is 4.72 Å². The number of aromatic carboxylic acids is 1. The van der Waals surface area contributed by atoms with Crippen LogP contribution in [0.2, 0.25) is 5.15 Å².